The normalized spacial score (nSPS) is 9.18. The van der Waals surface area contributed by atoms with Gasteiger partial charge in [0.15, 0.2) is 5.69 Å². The maximum absolute atomic E-state index is 8.48. The molecule has 0 spiro atoms. The van der Waals surface area contributed by atoms with Gasteiger partial charge in [-0.2, -0.15) is 5.26 Å². The Balaban J connectivity index is 3.47. The van der Waals surface area contributed by atoms with Crippen LogP contribution in [0.1, 0.15) is 11.4 Å². The lowest BCUT2D eigenvalue weighted by Gasteiger charge is -1.95. The fourth-order valence-electron chi connectivity index (χ4n) is 0.591. The van der Waals surface area contributed by atoms with E-state index < -0.39 is 0 Å². The quantitative estimate of drug-likeness (QED) is 0.629. The van der Waals surface area contributed by atoms with Crippen molar-refractivity contribution < 1.29 is 0 Å². The summed E-state index contributed by atoms with van der Waals surface area (Å²) in [7, 11) is 0. The van der Waals surface area contributed by atoms with E-state index in [2.05, 4.69) is 9.97 Å². The van der Waals surface area contributed by atoms with Crippen LogP contribution in [0.4, 0.5) is 0 Å². The molecular formula is C6H4ClN3S. The highest BCUT2D eigenvalue weighted by molar-refractivity contribution is 7.71. The fraction of sp³-hybridized carbons (Fsp3) is 0.167. The van der Waals surface area contributed by atoms with Gasteiger partial charge in [0, 0.05) is 0 Å². The Morgan fingerprint density at radius 3 is 2.91 bits per heavy atom. The van der Waals surface area contributed by atoms with Gasteiger partial charge in [-0.1, -0.05) is 23.8 Å². The third-order valence-corrected chi connectivity index (χ3v) is 1.82. The Labute approximate surface area is 73.7 Å². The highest BCUT2D eigenvalue weighted by Crippen LogP contribution is 2.09. The molecule has 0 aromatic carbocycles. The highest BCUT2D eigenvalue weighted by Gasteiger charge is 2.01. The Hall–Kier alpha value is -0.920. The van der Waals surface area contributed by atoms with Gasteiger partial charge in [-0.25, -0.2) is 4.98 Å². The van der Waals surface area contributed by atoms with Gasteiger partial charge in [0.1, 0.15) is 15.9 Å². The topological polar surface area (TPSA) is 52.5 Å². The van der Waals surface area contributed by atoms with Gasteiger partial charge in [-0.05, 0) is 6.92 Å². The van der Waals surface area contributed by atoms with Crippen LogP contribution in [0.5, 0.6) is 0 Å². The van der Waals surface area contributed by atoms with E-state index in [0.29, 0.717) is 10.3 Å². The number of rotatable bonds is 0. The Kier molecular flexibility index (Phi) is 2.22. The first-order valence-electron chi connectivity index (χ1n) is 2.81. The molecule has 1 aromatic rings. The van der Waals surface area contributed by atoms with E-state index in [0.717, 1.165) is 0 Å². The minimum Gasteiger partial charge on any atom is -0.333 e. The van der Waals surface area contributed by atoms with Gasteiger partial charge in [-0.3, -0.25) is 0 Å². The molecule has 1 aromatic heterocycles. The number of nitrogens with zero attached hydrogens (tertiary/aromatic N) is 2. The summed E-state index contributed by atoms with van der Waals surface area (Å²) in [4.78, 5) is 6.52. The summed E-state index contributed by atoms with van der Waals surface area (Å²) in [5.41, 5.74) is 0.790. The van der Waals surface area contributed by atoms with Crippen molar-refractivity contribution in [3.05, 3.63) is 21.2 Å². The van der Waals surface area contributed by atoms with Crippen LogP contribution >= 0.6 is 23.8 Å². The smallest absolute Gasteiger partial charge is 0.176 e. The summed E-state index contributed by atoms with van der Waals surface area (Å²) in [5, 5.41) is 8.68. The van der Waals surface area contributed by atoms with Crippen molar-refractivity contribution in [2.75, 3.05) is 0 Å². The lowest BCUT2D eigenvalue weighted by atomic mass is 10.4. The standard InChI is InChI=1S/C6H4ClN3S/c1-3-6(11)10-5(7)4(2-8)9-3/h1H3,(H,10,11). The van der Waals surface area contributed by atoms with E-state index in [-0.39, 0.29) is 10.8 Å². The molecule has 0 amide bonds. The van der Waals surface area contributed by atoms with Crippen LogP contribution in [-0.4, -0.2) is 9.97 Å². The fourth-order valence-corrected chi connectivity index (χ4v) is 0.974. The Morgan fingerprint density at radius 1 is 1.73 bits per heavy atom. The maximum Gasteiger partial charge on any atom is 0.176 e. The SMILES string of the molecule is Cc1nc(C#N)c(Cl)[nH]c1=S. The van der Waals surface area contributed by atoms with Crippen LogP contribution in [-0.2, 0) is 0 Å². The molecule has 0 unspecified atom stereocenters. The van der Waals surface area contributed by atoms with Gasteiger partial charge in [-0.15, -0.1) is 0 Å². The molecule has 0 atom stereocenters. The molecule has 3 nitrogen and oxygen atoms in total. The van der Waals surface area contributed by atoms with E-state index in [4.69, 9.17) is 29.1 Å². The minimum absolute atomic E-state index is 0.178. The maximum atomic E-state index is 8.48. The summed E-state index contributed by atoms with van der Waals surface area (Å²) in [6.07, 6.45) is 0. The van der Waals surface area contributed by atoms with Crippen molar-refractivity contribution in [2.45, 2.75) is 6.92 Å². The molecule has 0 fully saturated rings. The number of halogens is 1. The van der Waals surface area contributed by atoms with Crippen LogP contribution < -0.4 is 0 Å². The molecule has 0 saturated heterocycles. The zero-order valence-electron chi connectivity index (χ0n) is 5.68. The second-order valence-electron chi connectivity index (χ2n) is 1.93. The second-order valence-corrected chi connectivity index (χ2v) is 2.71. The van der Waals surface area contributed by atoms with Crippen LogP contribution in [0.25, 0.3) is 0 Å². The first-order valence-corrected chi connectivity index (χ1v) is 3.60. The molecule has 0 aliphatic rings. The second kappa shape index (κ2) is 2.99. The monoisotopic (exact) mass is 185 g/mol. The number of nitrogens with one attached hydrogen (secondary N) is 1. The molecule has 5 heteroatoms. The van der Waals surface area contributed by atoms with E-state index in [1.165, 1.54) is 0 Å². The van der Waals surface area contributed by atoms with Crippen LogP contribution in [0.2, 0.25) is 5.15 Å². The first kappa shape index (κ1) is 8.18. The van der Waals surface area contributed by atoms with Crippen LogP contribution in [0.15, 0.2) is 0 Å². The van der Waals surface area contributed by atoms with Crippen molar-refractivity contribution in [1.82, 2.24) is 9.97 Å². The lowest BCUT2D eigenvalue weighted by Crippen LogP contribution is -1.92. The molecule has 0 aliphatic heterocycles. The van der Waals surface area contributed by atoms with Crippen molar-refractivity contribution >= 4 is 23.8 Å². The van der Waals surface area contributed by atoms with E-state index in [9.17, 15) is 0 Å². The van der Waals surface area contributed by atoms with Crippen molar-refractivity contribution in [1.29, 1.82) is 5.26 Å². The molecule has 1 rings (SSSR count). The molecule has 0 bridgehead atoms. The Morgan fingerprint density at radius 2 is 2.36 bits per heavy atom. The average Bonchev–Trinajstić information content (AvgIpc) is 1.97. The molecule has 0 aliphatic carbocycles. The van der Waals surface area contributed by atoms with Gasteiger partial charge in [0.25, 0.3) is 0 Å². The number of aryl methyl sites for hydroxylation is 1. The van der Waals surface area contributed by atoms with Gasteiger partial charge >= 0.3 is 0 Å². The summed E-state index contributed by atoms with van der Waals surface area (Å²) in [6, 6.07) is 1.84. The Bertz CT molecular complexity index is 376. The number of H-pyrrole nitrogens is 1. The summed E-state index contributed by atoms with van der Waals surface area (Å²) in [5.74, 6) is 0. The van der Waals surface area contributed by atoms with Gasteiger partial charge in [0.2, 0.25) is 0 Å². The zero-order chi connectivity index (χ0) is 8.43. The van der Waals surface area contributed by atoms with Gasteiger partial charge in [0.05, 0.1) is 5.69 Å². The highest BCUT2D eigenvalue weighted by atomic mass is 35.5. The minimum atomic E-state index is 0.178. The third kappa shape index (κ3) is 1.56. The largest absolute Gasteiger partial charge is 0.333 e. The van der Waals surface area contributed by atoms with Crippen LogP contribution in [0.3, 0.4) is 0 Å². The first-order chi connectivity index (χ1) is 5.15. The number of hydrogen-bond acceptors (Lipinski definition) is 3. The lowest BCUT2D eigenvalue weighted by molar-refractivity contribution is 1.07. The molecular weight excluding hydrogens is 182 g/mol. The summed E-state index contributed by atoms with van der Waals surface area (Å²) in [6.45, 7) is 1.72. The molecule has 0 saturated carbocycles. The predicted octanol–water partition coefficient (Wildman–Crippen LogP) is 1.97. The van der Waals surface area contributed by atoms with E-state index in [1.54, 1.807) is 6.92 Å². The van der Waals surface area contributed by atoms with E-state index in [1.807, 2.05) is 6.07 Å². The third-order valence-electron chi connectivity index (χ3n) is 1.15. The van der Waals surface area contributed by atoms with Crippen molar-refractivity contribution in [3.8, 4) is 6.07 Å². The average molecular weight is 186 g/mol. The predicted molar refractivity (Wildman–Crippen MR) is 43.9 cm³/mol. The van der Waals surface area contributed by atoms with Gasteiger partial charge < -0.3 is 4.98 Å². The van der Waals surface area contributed by atoms with Crippen LogP contribution in [0, 0.1) is 22.9 Å². The van der Waals surface area contributed by atoms with Crippen molar-refractivity contribution in [2.24, 2.45) is 0 Å². The summed E-state index contributed by atoms with van der Waals surface area (Å²) < 4.78 is 0.467. The molecule has 56 valence electrons. The zero-order valence-corrected chi connectivity index (χ0v) is 7.25. The molecule has 1 N–H and O–H groups in total. The number of aromatic nitrogens is 2. The molecule has 11 heavy (non-hydrogen) atoms. The van der Waals surface area contributed by atoms with Crippen molar-refractivity contribution in [3.63, 3.8) is 0 Å². The molecule has 1 heterocycles. The number of hydrogen-bond donors (Lipinski definition) is 1. The number of aromatic amines is 1. The number of nitriles is 1. The van der Waals surface area contributed by atoms with E-state index >= 15 is 0 Å². The summed E-state index contributed by atoms with van der Waals surface area (Å²) >= 11 is 10.4. The molecule has 0 radical (unpaired) electrons.